The van der Waals surface area contributed by atoms with Gasteiger partial charge in [0.1, 0.15) is 22.9 Å². The Labute approximate surface area is 282 Å². The maximum atomic E-state index is 12.9. The molecule has 0 fully saturated rings. The van der Waals surface area contributed by atoms with Gasteiger partial charge in [-0.3, -0.25) is 19.3 Å². The Balaban J connectivity index is 1.62. The van der Waals surface area contributed by atoms with Gasteiger partial charge in [0.15, 0.2) is 5.78 Å². The second-order valence-corrected chi connectivity index (χ2v) is 12.3. The van der Waals surface area contributed by atoms with E-state index in [4.69, 9.17) is 9.47 Å². The number of hydrogen-bond acceptors (Lipinski definition) is 9. The summed E-state index contributed by atoms with van der Waals surface area (Å²) in [6.45, 7) is 6.91. The second kappa shape index (κ2) is 16.8. The number of nitrogens with zero attached hydrogens (tertiary/aromatic N) is 2. The predicted molar refractivity (Wildman–Crippen MR) is 174 cm³/mol. The molecule has 11 nitrogen and oxygen atoms in total. The van der Waals surface area contributed by atoms with Crippen molar-refractivity contribution in [3.8, 4) is 22.6 Å². The molecule has 0 spiro atoms. The largest absolute Gasteiger partial charge is 0.573 e. The lowest BCUT2D eigenvalue weighted by Gasteiger charge is -2.27. The first kappa shape index (κ1) is 38.3. The Kier molecular flexibility index (Phi) is 13.1. The van der Waals surface area contributed by atoms with Crippen molar-refractivity contribution in [1.29, 1.82) is 0 Å². The van der Waals surface area contributed by atoms with Crippen LogP contribution in [0.2, 0.25) is 0 Å². The van der Waals surface area contributed by atoms with Gasteiger partial charge in [0.25, 0.3) is 0 Å². The molecule has 2 amide bonds. The van der Waals surface area contributed by atoms with Gasteiger partial charge >= 0.3 is 18.4 Å². The number of phenolic OH excluding ortho intramolecular Hbond substituents is 1. The number of hydrogen-bond donors (Lipinski definition) is 2. The molecule has 14 heteroatoms. The number of halogens is 3. The normalized spacial score (nSPS) is 12.1. The number of phenols is 1. The number of ether oxygens (including phenoxy) is 3. The number of anilines is 1. The number of pyridine rings is 1. The standard InChI is InChI=1S/C35H40F3N3O8/c1-22-14-15-39-30(17-22)41(33(46)49-34(2,3)4)16-6-7-31(44)40-21-27(43)18-25(19-32(45)47-5)23-8-10-24(11-9-23)28-13-12-26(42)20-29(28)48-35(36,37)38/h8-15,17,20,25,42H,6-7,16,18-19,21H2,1-5H3,(H,40,44)/t25-/m0/s1. The van der Waals surface area contributed by atoms with E-state index in [2.05, 4.69) is 15.0 Å². The smallest absolute Gasteiger partial charge is 0.508 e. The molecule has 0 aliphatic rings. The van der Waals surface area contributed by atoms with Gasteiger partial charge in [-0.1, -0.05) is 24.3 Å². The maximum absolute atomic E-state index is 12.9. The summed E-state index contributed by atoms with van der Waals surface area (Å²) in [6, 6.07) is 13.0. The molecule has 2 N–H and O–H groups in total. The van der Waals surface area contributed by atoms with E-state index in [9.17, 15) is 37.5 Å². The number of aromatic nitrogens is 1. The van der Waals surface area contributed by atoms with E-state index in [0.29, 0.717) is 16.9 Å². The lowest BCUT2D eigenvalue weighted by Crippen LogP contribution is -2.38. The van der Waals surface area contributed by atoms with E-state index < -0.39 is 47.4 Å². The highest BCUT2D eigenvalue weighted by Crippen LogP contribution is 2.37. The molecule has 0 bridgehead atoms. The molecule has 0 saturated carbocycles. The highest BCUT2D eigenvalue weighted by molar-refractivity contribution is 5.88. The van der Waals surface area contributed by atoms with Crippen LogP contribution in [0.25, 0.3) is 11.1 Å². The fraction of sp³-hybridized carbons (Fsp3) is 0.400. The van der Waals surface area contributed by atoms with Gasteiger partial charge < -0.3 is 24.6 Å². The van der Waals surface area contributed by atoms with E-state index in [1.807, 2.05) is 6.92 Å². The number of aryl methyl sites for hydroxylation is 1. The summed E-state index contributed by atoms with van der Waals surface area (Å²) < 4.78 is 53.2. The maximum Gasteiger partial charge on any atom is 0.573 e. The highest BCUT2D eigenvalue weighted by Gasteiger charge is 2.32. The first-order valence-corrected chi connectivity index (χ1v) is 15.4. The van der Waals surface area contributed by atoms with E-state index in [0.717, 1.165) is 11.6 Å². The van der Waals surface area contributed by atoms with E-state index >= 15 is 0 Å². The quantitative estimate of drug-likeness (QED) is 0.179. The third kappa shape index (κ3) is 12.8. The second-order valence-electron chi connectivity index (χ2n) is 12.3. The summed E-state index contributed by atoms with van der Waals surface area (Å²) in [5.41, 5.74) is 1.08. The van der Waals surface area contributed by atoms with Crippen molar-refractivity contribution in [2.75, 3.05) is 25.1 Å². The molecule has 49 heavy (non-hydrogen) atoms. The number of nitrogens with one attached hydrogen (secondary N) is 1. The Morgan fingerprint density at radius 2 is 1.67 bits per heavy atom. The van der Waals surface area contributed by atoms with E-state index in [1.54, 1.807) is 51.2 Å². The molecule has 1 heterocycles. The van der Waals surface area contributed by atoms with Crippen LogP contribution in [0.5, 0.6) is 11.5 Å². The number of Topliss-reactive ketones (excluding diaryl/α,β-unsaturated/α-hetero) is 1. The SMILES string of the molecule is COC(=O)C[C@H](CC(=O)CNC(=O)CCCN(C(=O)OC(C)(C)C)c1cc(C)ccn1)c1ccc(-c2ccc(O)cc2OC(F)(F)F)cc1. The van der Waals surface area contributed by atoms with Crippen molar-refractivity contribution < 1.29 is 51.7 Å². The number of carbonyl (C=O) groups is 4. The van der Waals surface area contributed by atoms with E-state index in [-0.39, 0.29) is 50.1 Å². The van der Waals surface area contributed by atoms with Gasteiger partial charge in [-0.15, -0.1) is 13.2 Å². The summed E-state index contributed by atoms with van der Waals surface area (Å²) in [7, 11) is 1.20. The number of methoxy groups -OCH3 is 1. The molecule has 0 saturated heterocycles. The zero-order chi connectivity index (χ0) is 36.4. The number of rotatable bonds is 14. The topological polar surface area (TPSA) is 144 Å². The lowest BCUT2D eigenvalue weighted by atomic mass is 9.89. The van der Waals surface area contributed by atoms with Gasteiger partial charge in [-0.25, -0.2) is 9.78 Å². The van der Waals surface area contributed by atoms with Crippen LogP contribution in [-0.2, 0) is 23.9 Å². The molecular formula is C35H40F3N3O8. The first-order valence-electron chi connectivity index (χ1n) is 15.4. The highest BCUT2D eigenvalue weighted by atomic mass is 19.4. The number of ketones is 1. The number of alkyl halides is 3. The lowest BCUT2D eigenvalue weighted by molar-refractivity contribution is -0.274. The van der Waals surface area contributed by atoms with Gasteiger partial charge in [-0.05, 0) is 75.1 Å². The zero-order valence-electron chi connectivity index (χ0n) is 27.9. The number of carbonyl (C=O) groups excluding carboxylic acids is 4. The minimum atomic E-state index is -4.98. The molecule has 3 rings (SSSR count). The Hall–Kier alpha value is -5.14. The summed E-state index contributed by atoms with van der Waals surface area (Å²) in [5.74, 6) is -2.65. The van der Waals surface area contributed by atoms with Crippen molar-refractivity contribution in [2.45, 2.75) is 71.3 Å². The van der Waals surface area contributed by atoms with Crippen molar-refractivity contribution in [3.63, 3.8) is 0 Å². The summed E-state index contributed by atoms with van der Waals surface area (Å²) in [4.78, 5) is 56.2. The number of aromatic hydroxyl groups is 1. The Morgan fingerprint density at radius 1 is 0.980 bits per heavy atom. The van der Waals surface area contributed by atoms with Crippen LogP contribution < -0.4 is 15.0 Å². The van der Waals surface area contributed by atoms with Crippen LogP contribution in [0.3, 0.4) is 0 Å². The van der Waals surface area contributed by atoms with Crippen LogP contribution >= 0.6 is 0 Å². The minimum Gasteiger partial charge on any atom is -0.508 e. The molecule has 1 aromatic heterocycles. The molecular weight excluding hydrogens is 647 g/mol. The number of benzene rings is 2. The van der Waals surface area contributed by atoms with E-state index in [1.165, 1.54) is 36.3 Å². The Morgan fingerprint density at radius 3 is 2.29 bits per heavy atom. The summed E-state index contributed by atoms with van der Waals surface area (Å²) in [6.07, 6.45) is -4.06. The van der Waals surface area contributed by atoms with Crippen molar-refractivity contribution in [3.05, 3.63) is 71.9 Å². The van der Waals surface area contributed by atoms with Gasteiger partial charge in [-0.2, -0.15) is 0 Å². The zero-order valence-corrected chi connectivity index (χ0v) is 27.9. The fourth-order valence-corrected chi connectivity index (χ4v) is 4.80. The van der Waals surface area contributed by atoms with Crippen molar-refractivity contribution >= 4 is 29.6 Å². The third-order valence-corrected chi connectivity index (χ3v) is 7.06. The molecule has 3 aromatic rings. The van der Waals surface area contributed by atoms with Crippen molar-refractivity contribution in [2.24, 2.45) is 0 Å². The minimum absolute atomic E-state index is 0.00272. The Bertz CT molecular complexity index is 1620. The molecule has 264 valence electrons. The summed E-state index contributed by atoms with van der Waals surface area (Å²) >= 11 is 0. The van der Waals surface area contributed by atoms with Gasteiger partial charge in [0, 0.05) is 43.1 Å². The molecule has 1 atom stereocenters. The molecule has 0 aliphatic heterocycles. The van der Waals surface area contributed by atoms with Gasteiger partial charge in [0.2, 0.25) is 5.91 Å². The average molecular weight is 688 g/mol. The molecule has 0 unspecified atom stereocenters. The van der Waals surface area contributed by atoms with Crippen LogP contribution in [0.15, 0.2) is 60.8 Å². The van der Waals surface area contributed by atoms with Crippen LogP contribution in [0, 0.1) is 6.92 Å². The number of esters is 1. The van der Waals surface area contributed by atoms with Crippen LogP contribution in [0.1, 0.15) is 63.5 Å². The fourth-order valence-electron chi connectivity index (χ4n) is 4.80. The van der Waals surface area contributed by atoms with Crippen LogP contribution in [-0.4, -0.2) is 66.0 Å². The first-order chi connectivity index (χ1) is 22.9. The monoisotopic (exact) mass is 687 g/mol. The average Bonchev–Trinajstić information content (AvgIpc) is 3.00. The third-order valence-electron chi connectivity index (χ3n) is 7.06. The van der Waals surface area contributed by atoms with Gasteiger partial charge in [0.05, 0.1) is 20.1 Å². The molecule has 0 radical (unpaired) electrons. The predicted octanol–water partition coefficient (Wildman–Crippen LogP) is 6.61. The molecule has 0 aliphatic carbocycles. The van der Waals surface area contributed by atoms with Crippen LogP contribution in [0.4, 0.5) is 23.8 Å². The molecule has 2 aromatic carbocycles. The van der Waals surface area contributed by atoms with Crippen molar-refractivity contribution in [1.82, 2.24) is 10.3 Å². The number of amides is 2. The summed E-state index contributed by atoms with van der Waals surface area (Å²) in [5, 5.41) is 12.2.